The van der Waals surface area contributed by atoms with Crippen LogP contribution in [0.1, 0.15) is 44.2 Å². The maximum atomic E-state index is 12.1. The van der Waals surface area contributed by atoms with Crippen LogP contribution < -0.4 is 0 Å². The van der Waals surface area contributed by atoms with Gasteiger partial charge in [0.2, 0.25) is 0 Å². The number of aryl methyl sites for hydroxylation is 1. The van der Waals surface area contributed by atoms with Crippen LogP contribution in [0, 0.1) is 6.92 Å². The number of carbonyl (C=O) groups is 1. The van der Waals surface area contributed by atoms with E-state index in [0.717, 1.165) is 23.6 Å². The average molecular weight is 296 g/mol. The molecule has 2 rings (SSSR count). The van der Waals surface area contributed by atoms with Crippen LogP contribution in [0.3, 0.4) is 0 Å². The fraction of sp³-hybridized carbons (Fsp3) is 0.562. The molecule has 4 heteroatoms. The van der Waals surface area contributed by atoms with Crippen molar-refractivity contribution in [3.63, 3.8) is 0 Å². The largest absolute Gasteiger partial charge is 0.444 e. The summed E-state index contributed by atoms with van der Waals surface area (Å²) < 4.78 is 5.41. The van der Waals surface area contributed by atoms with Gasteiger partial charge in [0.1, 0.15) is 5.60 Å². The molecule has 1 amide bonds. The number of ether oxygens (including phenoxy) is 1. The third-order valence-corrected chi connectivity index (χ3v) is 3.78. The Balaban J connectivity index is 2.05. The summed E-state index contributed by atoms with van der Waals surface area (Å²) in [6.07, 6.45) is 0.700. The first-order valence-corrected chi connectivity index (χ1v) is 7.38. The van der Waals surface area contributed by atoms with Crippen molar-refractivity contribution < 1.29 is 9.53 Å². The monoisotopic (exact) mass is 295 g/mol. The first kappa shape index (κ1) is 15.2. The molecule has 0 N–H and O–H groups in total. The number of nitrogens with zero attached hydrogens (tertiary/aromatic N) is 1. The minimum absolute atomic E-state index is 0.233. The van der Waals surface area contributed by atoms with Crippen molar-refractivity contribution in [2.24, 2.45) is 0 Å². The Bertz CT molecular complexity index is 508. The summed E-state index contributed by atoms with van der Waals surface area (Å²) in [5.41, 5.74) is 1.88. The van der Waals surface area contributed by atoms with Gasteiger partial charge in [-0.3, -0.25) is 0 Å². The van der Waals surface area contributed by atoms with E-state index in [1.165, 1.54) is 5.56 Å². The Morgan fingerprint density at radius 1 is 1.40 bits per heavy atom. The Kier molecular flexibility index (Phi) is 4.28. The first-order chi connectivity index (χ1) is 9.26. The van der Waals surface area contributed by atoms with Gasteiger partial charge >= 0.3 is 6.09 Å². The van der Waals surface area contributed by atoms with Gasteiger partial charge in [-0.25, -0.2) is 4.79 Å². The Morgan fingerprint density at radius 2 is 2.10 bits per heavy atom. The SMILES string of the molecule is Cc1ccc(Cl)c(C2CCN(C(=O)OC(C)(C)C)C2)c1. The van der Waals surface area contributed by atoms with Crippen LogP contribution in [0.4, 0.5) is 4.79 Å². The summed E-state index contributed by atoms with van der Waals surface area (Å²) >= 11 is 6.28. The Labute approximate surface area is 125 Å². The topological polar surface area (TPSA) is 29.5 Å². The second-order valence-corrected chi connectivity index (χ2v) is 6.84. The number of rotatable bonds is 1. The molecule has 1 atom stereocenters. The highest BCUT2D eigenvalue weighted by Crippen LogP contribution is 2.33. The number of benzene rings is 1. The van der Waals surface area contributed by atoms with Gasteiger partial charge in [-0.15, -0.1) is 0 Å². The number of hydrogen-bond donors (Lipinski definition) is 0. The molecule has 0 radical (unpaired) electrons. The highest BCUT2D eigenvalue weighted by atomic mass is 35.5. The minimum Gasteiger partial charge on any atom is -0.444 e. The summed E-state index contributed by atoms with van der Waals surface area (Å²) in [5.74, 6) is 0.301. The lowest BCUT2D eigenvalue weighted by Gasteiger charge is -2.24. The Hall–Kier alpha value is -1.22. The van der Waals surface area contributed by atoms with Gasteiger partial charge in [0.15, 0.2) is 0 Å². The van der Waals surface area contributed by atoms with Crippen LogP contribution in [0.2, 0.25) is 5.02 Å². The van der Waals surface area contributed by atoms with Gasteiger partial charge < -0.3 is 9.64 Å². The lowest BCUT2D eigenvalue weighted by Crippen LogP contribution is -2.35. The number of amides is 1. The molecule has 1 aromatic carbocycles. The van der Waals surface area contributed by atoms with E-state index in [2.05, 4.69) is 13.0 Å². The van der Waals surface area contributed by atoms with E-state index in [0.29, 0.717) is 12.5 Å². The van der Waals surface area contributed by atoms with E-state index >= 15 is 0 Å². The second-order valence-electron chi connectivity index (χ2n) is 6.44. The van der Waals surface area contributed by atoms with Gasteiger partial charge in [-0.2, -0.15) is 0 Å². The molecule has 3 nitrogen and oxygen atoms in total. The summed E-state index contributed by atoms with van der Waals surface area (Å²) in [6, 6.07) is 6.06. The number of hydrogen-bond acceptors (Lipinski definition) is 2. The normalized spacial score (nSPS) is 19.2. The van der Waals surface area contributed by atoms with Gasteiger partial charge in [-0.05, 0) is 45.7 Å². The maximum Gasteiger partial charge on any atom is 0.410 e. The molecule has 20 heavy (non-hydrogen) atoms. The van der Waals surface area contributed by atoms with Crippen LogP contribution in [-0.4, -0.2) is 29.7 Å². The summed E-state index contributed by atoms with van der Waals surface area (Å²) in [4.78, 5) is 13.8. The zero-order chi connectivity index (χ0) is 14.9. The van der Waals surface area contributed by atoms with Crippen molar-refractivity contribution in [2.45, 2.75) is 45.6 Å². The van der Waals surface area contributed by atoms with Crippen molar-refractivity contribution in [3.8, 4) is 0 Å². The fourth-order valence-electron chi connectivity index (χ4n) is 2.48. The highest BCUT2D eigenvalue weighted by molar-refractivity contribution is 6.31. The molecule has 0 saturated carbocycles. The highest BCUT2D eigenvalue weighted by Gasteiger charge is 2.31. The van der Waals surface area contributed by atoms with Crippen LogP contribution >= 0.6 is 11.6 Å². The standard InChI is InChI=1S/C16H22ClNO2/c1-11-5-6-14(17)13(9-11)12-7-8-18(10-12)15(19)20-16(2,3)4/h5-6,9,12H,7-8,10H2,1-4H3. The van der Waals surface area contributed by atoms with E-state index in [1.54, 1.807) is 4.90 Å². The Morgan fingerprint density at radius 3 is 2.75 bits per heavy atom. The van der Waals surface area contributed by atoms with E-state index in [9.17, 15) is 4.79 Å². The quantitative estimate of drug-likeness (QED) is 0.770. The number of likely N-dealkylation sites (tertiary alicyclic amines) is 1. The molecular formula is C16H22ClNO2. The third kappa shape index (κ3) is 3.66. The van der Waals surface area contributed by atoms with E-state index in [-0.39, 0.29) is 6.09 Å². The van der Waals surface area contributed by atoms with Crippen LogP contribution in [0.15, 0.2) is 18.2 Å². The van der Waals surface area contributed by atoms with Crippen molar-refractivity contribution >= 4 is 17.7 Å². The van der Waals surface area contributed by atoms with Crippen molar-refractivity contribution in [3.05, 3.63) is 34.3 Å². The predicted molar refractivity (Wildman–Crippen MR) is 81.4 cm³/mol. The molecule has 1 aliphatic heterocycles. The first-order valence-electron chi connectivity index (χ1n) is 7.00. The van der Waals surface area contributed by atoms with Crippen molar-refractivity contribution in [1.29, 1.82) is 0 Å². The summed E-state index contributed by atoms with van der Waals surface area (Å²) in [6.45, 7) is 9.12. The molecule has 1 heterocycles. The van der Waals surface area contributed by atoms with Crippen molar-refractivity contribution in [1.82, 2.24) is 4.90 Å². The second kappa shape index (κ2) is 5.65. The molecule has 1 unspecified atom stereocenters. The molecule has 0 aromatic heterocycles. The minimum atomic E-state index is -0.448. The third-order valence-electron chi connectivity index (χ3n) is 3.43. The summed E-state index contributed by atoms with van der Waals surface area (Å²) in [7, 11) is 0. The van der Waals surface area contributed by atoms with Gasteiger partial charge in [0.25, 0.3) is 0 Å². The number of halogens is 1. The van der Waals surface area contributed by atoms with Gasteiger partial charge in [0, 0.05) is 24.0 Å². The average Bonchev–Trinajstić information content (AvgIpc) is 2.79. The smallest absolute Gasteiger partial charge is 0.410 e. The maximum absolute atomic E-state index is 12.1. The van der Waals surface area contributed by atoms with Gasteiger partial charge in [-0.1, -0.05) is 29.3 Å². The number of carbonyl (C=O) groups excluding carboxylic acids is 1. The molecule has 1 aromatic rings. The van der Waals surface area contributed by atoms with Crippen LogP contribution in [0.5, 0.6) is 0 Å². The zero-order valence-electron chi connectivity index (χ0n) is 12.6. The predicted octanol–water partition coefficient (Wildman–Crippen LogP) is 4.37. The van der Waals surface area contributed by atoms with E-state index in [4.69, 9.17) is 16.3 Å². The molecule has 1 aliphatic rings. The lowest BCUT2D eigenvalue weighted by atomic mass is 9.97. The molecule has 1 saturated heterocycles. The van der Waals surface area contributed by atoms with Gasteiger partial charge in [0.05, 0.1) is 0 Å². The van der Waals surface area contributed by atoms with Crippen LogP contribution in [-0.2, 0) is 4.74 Å². The molecular weight excluding hydrogens is 274 g/mol. The molecule has 0 aliphatic carbocycles. The molecule has 110 valence electrons. The van der Waals surface area contributed by atoms with Crippen LogP contribution in [0.25, 0.3) is 0 Å². The van der Waals surface area contributed by atoms with E-state index in [1.807, 2.05) is 32.9 Å². The molecule has 0 spiro atoms. The fourth-order valence-corrected chi connectivity index (χ4v) is 2.75. The zero-order valence-corrected chi connectivity index (χ0v) is 13.3. The summed E-state index contributed by atoms with van der Waals surface area (Å²) in [5, 5.41) is 0.784. The lowest BCUT2D eigenvalue weighted by molar-refractivity contribution is 0.0292. The molecule has 0 bridgehead atoms. The molecule has 1 fully saturated rings. The van der Waals surface area contributed by atoms with Crippen molar-refractivity contribution in [2.75, 3.05) is 13.1 Å². The van der Waals surface area contributed by atoms with E-state index < -0.39 is 5.60 Å².